The fourth-order valence-electron chi connectivity index (χ4n) is 2.46. The second-order valence-electron chi connectivity index (χ2n) is 5.51. The summed E-state index contributed by atoms with van der Waals surface area (Å²) in [7, 11) is 3.13. The van der Waals surface area contributed by atoms with Crippen molar-refractivity contribution in [1.29, 1.82) is 0 Å². The number of hydrogen-bond acceptors (Lipinski definition) is 5. The molecule has 0 spiro atoms. The molecule has 1 aromatic carbocycles. The van der Waals surface area contributed by atoms with Gasteiger partial charge in [-0.25, -0.2) is 4.98 Å². The first-order valence-corrected chi connectivity index (χ1v) is 7.33. The van der Waals surface area contributed by atoms with Crippen molar-refractivity contribution < 1.29 is 19.1 Å². The van der Waals surface area contributed by atoms with Crippen molar-refractivity contribution in [1.82, 2.24) is 4.98 Å². The van der Waals surface area contributed by atoms with Crippen LogP contribution in [-0.4, -0.2) is 36.6 Å². The number of likely N-dealkylation sites (N-methyl/N-ethyl adjacent to an activating group) is 1. The Morgan fingerprint density at radius 2 is 2.00 bits per heavy atom. The first-order valence-electron chi connectivity index (χ1n) is 7.33. The quantitative estimate of drug-likeness (QED) is 0.870. The van der Waals surface area contributed by atoms with Gasteiger partial charge in [0.15, 0.2) is 11.6 Å². The molecule has 0 fully saturated rings. The number of benzene rings is 1. The average molecular weight is 327 g/mol. The molecule has 0 unspecified atom stereocenters. The van der Waals surface area contributed by atoms with E-state index in [0.717, 1.165) is 0 Å². The molecule has 24 heavy (non-hydrogen) atoms. The van der Waals surface area contributed by atoms with Crippen LogP contribution in [0.3, 0.4) is 0 Å². The highest BCUT2D eigenvalue weighted by Gasteiger charge is 2.50. The summed E-state index contributed by atoms with van der Waals surface area (Å²) in [5.74, 6) is 0.395. The average Bonchev–Trinajstić information content (AvgIpc) is 2.60. The van der Waals surface area contributed by atoms with Crippen LogP contribution in [0.2, 0.25) is 0 Å². The molecule has 0 bridgehead atoms. The van der Waals surface area contributed by atoms with E-state index in [0.29, 0.717) is 23.0 Å². The second kappa shape index (κ2) is 5.84. The zero-order valence-electron chi connectivity index (χ0n) is 13.6. The van der Waals surface area contributed by atoms with E-state index in [9.17, 15) is 9.59 Å². The van der Waals surface area contributed by atoms with Gasteiger partial charge in [-0.3, -0.25) is 14.5 Å². The second-order valence-corrected chi connectivity index (χ2v) is 5.51. The summed E-state index contributed by atoms with van der Waals surface area (Å²) in [6.45, 7) is 1.45. The summed E-state index contributed by atoms with van der Waals surface area (Å²) in [6, 6.07) is 10.2. The van der Waals surface area contributed by atoms with Gasteiger partial charge in [0.05, 0.1) is 7.11 Å². The van der Waals surface area contributed by atoms with Gasteiger partial charge in [0.1, 0.15) is 5.75 Å². The Bertz CT molecular complexity index is 791. The lowest BCUT2D eigenvalue weighted by Gasteiger charge is -2.36. The predicted molar refractivity (Wildman–Crippen MR) is 88.3 cm³/mol. The summed E-state index contributed by atoms with van der Waals surface area (Å²) in [6.07, 6.45) is 1.56. The molecule has 124 valence electrons. The standard InChI is InChI=1S/C17H17N3O4/c1-17(15(21)19-11-6-8-12(23-3)9-7-11)16(22)20(2)14-13(24-17)5-4-10-18-14/h4-10H,1-3H3,(H,19,21)/t17-/m1/s1. The van der Waals surface area contributed by atoms with Crippen LogP contribution < -0.4 is 19.7 Å². The van der Waals surface area contributed by atoms with Gasteiger partial charge in [0.25, 0.3) is 17.4 Å². The van der Waals surface area contributed by atoms with E-state index in [1.807, 2.05) is 0 Å². The number of nitrogens with one attached hydrogen (secondary N) is 1. The zero-order chi connectivity index (χ0) is 17.3. The maximum atomic E-state index is 12.7. The van der Waals surface area contributed by atoms with E-state index in [1.165, 1.54) is 11.8 Å². The summed E-state index contributed by atoms with van der Waals surface area (Å²) in [5, 5.41) is 2.70. The monoisotopic (exact) mass is 327 g/mol. The van der Waals surface area contributed by atoms with Crippen molar-refractivity contribution >= 4 is 23.3 Å². The third kappa shape index (κ3) is 2.54. The molecule has 2 amide bonds. The predicted octanol–water partition coefficient (Wildman–Crippen LogP) is 1.84. The zero-order valence-corrected chi connectivity index (χ0v) is 13.6. The maximum Gasteiger partial charge on any atom is 0.281 e. The van der Waals surface area contributed by atoms with Crippen molar-refractivity contribution in [3.8, 4) is 11.5 Å². The number of ether oxygens (including phenoxy) is 2. The van der Waals surface area contributed by atoms with Crippen LogP contribution >= 0.6 is 0 Å². The van der Waals surface area contributed by atoms with E-state index in [4.69, 9.17) is 9.47 Å². The van der Waals surface area contributed by atoms with Crippen molar-refractivity contribution in [2.45, 2.75) is 12.5 Å². The van der Waals surface area contributed by atoms with Gasteiger partial charge in [-0.1, -0.05) is 0 Å². The minimum atomic E-state index is -1.68. The minimum Gasteiger partial charge on any atom is -0.497 e. The van der Waals surface area contributed by atoms with Gasteiger partial charge in [-0.05, 0) is 43.3 Å². The number of fused-ring (bicyclic) bond motifs is 1. The van der Waals surface area contributed by atoms with Crippen molar-refractivity contribution in [2.75, 3.05) is 24.4 Å². The Kier molecular flexibility index (Phi) is 3.84. The molecule has 0 aliphatic carbocycles. The van der Waals surface area contributed by atoms with Gasteiger partial charge in [0.2, 0.25) is 0 Å². The lowest BCUT2D eigenvalue weighted by molar-refractivity contribution is -0.145. The highest BCUT2D eigenvalue weighted by molar-refractivity contribution is 6.19. The van der Waals surface area contributed by atoms with Crippen LogP contribution in [0.5, 0.6) is 11.5 Å². The largest absolute Gasteiger partial charge is 0.497 e. The third-order valence-electron chi connectivity index (χ3n) is 3.88. The molecule has 7 nitrogen and oxygen atoms in total. The summed E-state index contributed by atoms with van der Waals surface area (Å²) < 4.78 is 10.8. The fourth-order valence-corrected chi connectivity index (χ4v) is 2.46. The maximum absolute atomic E-state index is 12.7. The molecular weight excluding hydrogens is 310 g/mol. The van der Waals surface area contributed by atoms with E-state index in [-0.39, 0.29) is 0 Å². The number of carbonyl (C=O) groups is 2. The number of hydrogen-bond donors (Lipinski definition) is 1. The third-order valence-corrected chi connectivity index (χ3v) is 3.88. The normalized spacial score (nSPS) is 19.3. The first-order chi connectivity index (χ1) is 11.5. The molecule has 1 aliphatic heterocycles. The van der Waals surface area contributed by atoms with Gasteiger partial charge in [0, 0.05) is 18.9 Å². The molecule has 1 N–H and O–H groups in total. The molecule has 1 atom stereocenters. The number of pyridine rings is 1. The Morgan fingerprint density at radius 3 is 2.67 bits per heavy atom. The number of amides is 2. The molecule has 1 aliphatic rings. The molecule has 0 saturated heterocycles. The van der Waals surface area contributed by atoms with Crippen LogP contribution in [0.25, 0.3) is 0 Å². The summed E-state index contributed by atoms with van der Waals surface area (Å²) in [5.41, 5.74) is -1.14. The number of carbonyl (C=O) groups excluding carboxylic acids is 2. The molecule has 2 heterocycles. The van der Waals surface area contributed by atoms with Crippen LogP contribution in [0, 0.1) is 0 Å². The van der Waals surface area contributed by atoms with Gasteiger partial charge < -0.3 is 14.8 Å². The molecule has 2 aromatic rings. The number of nitrogens with zero attached hydrogens (tertiary/aromatic N) is 2. The Morgan fingerprint density at radius 1 is 1.29 bits per heavy atom. The lowest BCUT2D eigenvalue weighted by atomic mass is 10.0. The number of rotatable bonds is 3. The highest BCUT2D eigenvalue weighted by Crippen LogP contribution is 2.35. The Balaban J connectivity index is 1.86. The molecule has 0 saturated carbocycles. The van der Waals surface area contributed by atoms with E-state index in [1.54, 1.807) is 56.8 Å². The SMILES string of the molecule is COc1ccc(NC(=O)[C@@]2(C)Oc3cccnc3N(C)C2=O)cc1. The lowest BCUT2D eigenvalue weighted by Crippen LogP contribution is -2.60. The van der Waals surface area contributed by atoms with Crippen molar-refractivity contribution in [2.24, 2.45) is 0 Å². The van der Waals surface area contributed by atoms with Crippen LogP contribution in [0.15, 0.2) is 42.6 Å². The highest BCUT2D eigenvalue weighted by atomic mass is 16.5. The van der Waals surface area contributed by atoms with Gasteiger partial charge >= 0.3 is 0 Å². The minimum absolute atomic E-state index is 0.381. The molecule has 1 aromatic heterocycles. The van der Waals surface area contributed by atoms with Crippen LogP contribution in [0.4, 0.5) is 11.5 Å². The van der Waals surface area contributed by atoms with E-state index in [2.05, 4.69) is 10.3 Å². The van der Waals surface area contributed by atoms with Crippen molar-refractivity contribution in [3.05, 3.63) is 42.6 Å². The fraction of sp³-hybridized carbons (Fsp3) is 0.235. The smallest absolute Gasteiger partial charge is 0.281 e. The number of methoxy groups -OCH3 is 1. The first kappa shape index (κ1) is 15.8. The van der Waals surface area contributed by atoms with Gasteiger partial charge in [-0.15, -0.1) is 0 Å². The van der Waals surface area contributed by atoms with Crippen molar-refractivity contribution in [3.63, 3.8) is 0 Å². The Hall–Kier alpha value is -3.09. The van der Waals surface area contributed by atoms with E-state index < -0.39 is 17.4 Å². The summed E-state index contributed by atoms with van der Waals surface area (Å²) in [4.78, 5) is 30.7. The summed E-state index contributed by atoms with van der Waals surface area (Å²) >= 11 is 0. The molecule has 3 rings (SSSR count). The molecule has 0 radical (unpaired) electrons. The number of anilines is 2. The number of aromatic nitrogens is 1. The Labute approximate surface area is 139 Å². The van der Waals surface area contributed by atoms with Crippen LogP contribution in [0.1, 0.15) is 6.92 Å². The van der Waals surface area contributed by atoms with E-state index >= 15 is 0 Å². The topological polar surface area (TPSA) is 80.8 Å². The van der Waals surface area contributed by atoms with Crippen LogP contribution in [-0.2, 0) is 9.59 Å². The van der Waals surface area contributed by atoms with Gasteiger partial charge in [-0.2, -0.15) is 0 Å². The molecule has 7 heteroatoms. The molecular formula is C17H17N3O4.